The van der Waals surface area contributed by atoms with Crippen molar-refractivity contribution in [3.05, 3.63) is 23.3 Å². The summed E-state index contributed by atoms with van der Waals surface area (Å²) in [5.74, 6) is 3.58. The molecule has 2 atom stereocenters. The zero-order valence-corrected chi connectivity index (χ0v) is 19.2. The zero-order valence-electron chi connectivity index (χ0n) is 19.2. The third kappa shape index (κ3) is 4.48. The van der Waals surface area contributed by atoms with E-state index in [9.17, 15) is 0 Å². The lowest BCUT2D eigenvalue weighted by Crippen LogP contribution is -2.22. The van der Waals surface area contributed by atoms with Gasteiger partial charge >= 0.3 is 0 Å². The normalized spacial score (nSPS) is 23.4. The molecule has 1 aromatic carbocycles. The highest BCUT2D eigenvalue weighted by atomic mass is 16.5. The van der Waals surface area contributed by atoms with E-state index in [2.05, 4.69) is 29.3 Å². The smallest absolute Gasteiger partial charge is 0.163 e. The summed E-state index contributed by atoms with van der Waals surface area (Å²) in [4.78, 5) is 7.64. The number of likely N-dealkylation sites (tertiary alicyclic amines) is 1. The predicted molar refractivity (Wildman–Crippen MR) is 127 cm³/mol. The highest BCUT2D eigenvalue weighted by molar-refractivity contribution is 5.89. The molecule has 168 valence electrons. The van der Waals surface area contributed by atoms with Crippen LogP contribution in [0.5, 0.6) is 11.5 Å². The zero-order chi connectivity index (χ0) is 21.2. The van der Waals surface area contributed by atoms with Crippen molar-refractivity contribution in [3.63, 3.8) is 0 Å². The van der Waals surface area contributed by atoms with Crippen molar-refractivity contribution in [3.8, 4) is 11.5 Å². The number of hydrogen-bond acceptors (Lipinski definition) is 5. The van der Waals surface area contributed by atoms with Crippen LogP contribution in [0.2, 0.25) is 0 Å². The van der Waals surface area contributed by atoms with E-state index in [4.69, 9.17) is 14.5 Å². The van der Waals surface area contributed by atoms with Gasteiger partial charge in [-0.3, -0.25) is 0 Å². The molecule has 1 N–H and O–H groups in total. The van der Waals surface area contributed by atoms with Crippen LogP contribution in [0, 0.1) is 5.92 Å². The van der Waals surface area contributed by atoms with Crippen molar-refractivity contribution in [1.82, 2.24) is 9.88 Å². The molecule has 5 nitrogen and oxygen atoms in total. The van der Waals surface area contributed by atoms with Crippen LogP contribution in [0.3, 0.4) is 0 Å². The molecule has 0 amide bonds. The SMILES string of the molecule is COc1cc2c3c(c(NC4CCC(C)C4)nc2cc1OCCCN1CCCC1)CCC3. The number of hydrogen-bond donors (Lipinski definition) is 1. The van der Waals surface area contributed by atoms with E-state index in [1.54, 1.807) is 7.11 Å². The third-order valence-corrected chi connectivity index (χ3v) is 7.45. The van der Waals surface area contributed by atoms with Crippen LogP contribution in [0.15, 0.2) is 12.1 Å². The molecule has 3 aliphatic rings. The topological polar surface area (TPSA) is 46.6 Å². The second kappa shape index (κ2) is 9.23. The van der Waals surface area contributed by atoms with Crippen molar-refractivity contribution in [1.29, 1.82) is 0 Å². The van der Waals surface area contributed by atoms with Gasteiger partial charge in [0.25, 0.3) is 0 Å². The number of aryl methyl sites for hydroxylation is 1. The van der Waals surface area contributed by atoms with Gasteiger partial charge in [0.05, 0.1) is 19.2 Å². The van der Waals surface area contributed by atoms with Gasteiger partial charge in [-0.15, -0.1) is 0 Å². The van der Waals surface area contributed by atoms with Crippen LogP contribution >= 0.6 is 0 Å². The van der Waals surface area contributed by atoms with Gasteiger partial charge in [-0.05, 0) is 94.0 Å². The third-order valence-electron chi connectivity index (χ3n) is 7.45. The molecule has 2 unspecified atom stereocenters. The van der Waals surface area contributed by atoms with Gasteiger partial charge in [0.1, 0.15) is 5.82 Å². The first-order chi connectivity index (χ1) is 15.2. The molecule has 0 spiro atoms. The predicted octanol–water partition coefficient (Wildman–Crippen LogP) is 5.20. The van der Waals surface area contributed by atoms with Gasteiger partial charge in [-0.25, -0.2) is 4.98 Å². The molecule has 1 saturated carbocycles. The van der Waals surface area contributed by atoms with Gasteiger partial charge in [0.2, 0.25) is 0 Å². The molecule has 0 radical (unpaired) electrons. The number of methoxy groups -OCH3 is 1. The van der Waals surface area contributed by atoms with Crippen molar-refractivity contribution in [2.45, 2.75) is 70.8 Å². The van der Waals surface area contributed by atoms with Crippen molar-refractivity contribution >= 4 is 16.7 Å². The van der Waals surface area contributed by atoms with Gasteiger partial charge in [-0.2, -0.15) is 0 Å². The summed E-state index contributed by atoms with van der Waals surface area (Å²) in [5.41, 5.74) is 3.91. The van der Waals surface area contributed by atoms with Gasteiger partial charge in [-0.1, -0.05) is 6.92 Å². The Kier molecular flexibility index (Phi) is 6.22. The molecular formula is C26H37N3O2. The lowest BCUT2D eigenvalue weighted by molar-refractivity contribution is 0.254. The fraction of sp³-hybridized carbons (Fsp3) is 0.654. The van der Waals surface area contributed by atoms with Crippen LogP contribution in [0.25, 0.3) is 10.9 Å². The quantitative estimate of drug-likeness (QED) is 0.592. The maximum absolute atomic E-state index is 6.19. The van der Waals surface area contributed by atoms with Crippen LogP contribution < -0.4 is 14.8 Å². The number of anilines is 1. The first kappa shape index (κ1) is 20.9. The maximum Gasteiger partial charge on any atom is 0.163 e. The standard InChI is InChI=1S/C26H37N3O2/c1-18-9-10-19(15-18)27-26-21-8-5-7-20(21)22-16-24(30-2)25(17-23(22)28-26)31-14-6-13-29-11-3-4-12-29/h16-19H,3-15H2,1-2H3,(H,27,28). The summed E-state index contributed by atoms with van der Waals surface area (Å²) in [7, 11) is 1.74. The Bertz CT molecular complexity index is 923. The molecule has 2 heterocycles. The Morgan fingerprint density at radius 3 is 2.68 bits per heavy atom. The van der Waals surface area contributed by atoms with Crippen molar-refractivity contribution < 1.29 is 9.47 Å². The van der Waals surface area contributed by atoms with E-state index in [1.807, 2.05) is 0 Å². The molecule has 5 rings (SSSR count). The minimum atomic E-state index is 0.559. The summed E-state index contributed by atoms with van der Waals surface area (Å²) < 4.78 is 11.9. The molecule has 5 heteroatoms. The van der Waals surface area contributed by atoms with E-state index in [-0.39, 0.29) is 0 Å². The Labute approximate surface area is 186 Å². The number of ether oxygens (including phenoxy) is 2. The Morgan fingerprint density at radius 1 is 1.06 bits per heavy atom. The van der Waals surface area contributed by atoms with Crippen LogP contribution in [0.4, 0.5) is 5.82 Å². The van der Waals surface area contributed by atoms with E-state index in [1.165, 1.54) is 68.1 Å². The second-order valence-electron chi connectivity index (χ2n) is 9.80. The lowest BCUT2D eigenvalue weighted by Gasteiger charge is -2.19. The highest BCUT2D eigenvalue weighted by Gasteiger charge is 2.26. The first-order valence-electron chi connectivity index (χ1n) is 12.4. The van der Waals surface area contributed by atoms with Crippen molar-refractivity contribution in [2.24, 2.45) is 5.92 Å². The summed E-state index contributed by atoms with van der Waals surface area (Å²) >= 11 is 0. The minimum absolute atomic E-state index is 0.559. The molecule has 2 fully saturated rings. The Morgan fingerprint density at radius 2 is 1.90 bits per heavy atom. The molecule has 1 saturated heterocycles. The monoisotopic (exact) mass is 423 g/mol. The molecular weight excluding hydrogens is 386 g/mol. The molecule has 1 aliphatic heterocycles. The van der Waals surface area contributed by atoms with Gasteiger partial charge in [0, 0.05) is 24.0 Å². The van der Waals surface area contributed by atoms with Gasteiger partial charge < -0.3 is 19.7 Å². The number of pyridine rings is 1. The largest absolute Gasteiger partial charge is 0.493 e. The van der Waals surface area contributed by atoms with Crippen LogP contribution in [-0.2, 0) is 12.8 Å². The molecule has 31 heavy (non-hydrogen) atoms. The second-order valence-corrected chi connectivity index (χ2v) is 9.80. The minimum Gasteiger partial charge on any atom is -0.493 e. The fourth-order valence-corrected chi connectivity index (χ4v) is 5.77. The van der Waals surface area contributed by atoms with E-state index >= 15 is 0 Å². The van der Waals surface area contributed by atoms with Crippen LogP contribution in [-0.4, -0.2) is 49.3 Å². The van der Waals surface area contributed by atoms with E-state index < -0.39 is 0 Å². The molecule has 1 aromatic heterocycles. The number of aromatic nitrogens is 1. The molecule has 0 bridgehead atoms. The number of nitrogens with one attached hydrogen (secondary N) is 1. The Balaban J connectivity index is 1.37. The highest BCUT2D eigenvalue weighted by Crippen LogP contribution is 2.40. The van der Waals surface area contributed by atoms with Crippen LogP contribution in [0.1, 0.15) is 63.0 Å². The average Bonchev–Trinajstić information content (AvgIpc) is 3.53. The summed E-state index contributed by atoms with van der Waals surface area (Å²) in [5, 5.41) is 5.04. The number of benzene rings is 1. The lowest BCUT2D eigenvalue weighted by atomic mass is 10.0. The summed E-state index contributed by atoms with van der Waals surface area (Å²) in [6.07, 6.45) is 11.0. The first-order valence-corrected chi connectivity index (χ1v) is 12.4. The fourth-order valence-electron chi connectivity index (χ4n) is 5.77. The Hall–Kier alpha value is -2.01. The number of nitrogens with zero attached hydrogens (tertiary/aromatic N) is 2. The summed E-state index contributed by atoms with van der Waals surface area (Å²) in [6.45, 7) is 6.68. The van der Waals surface area contributed by atoms with Gasteiger partial charge in [0.15, 0.2) is 11.5 Å². The number of fused-ring (bicyclic) bond motifs is 3. The molecule has 2 aromatic rings. The van der Waals surface area contributed by atoms with E-state index in [0.29, 0.717) is 12.6 Å². The maximum atomic E-state index is 6.19. The average molecular weight is 424 g/mol. The van der Waals surface area contributed by atoms with Crippen molar-refractivity contribution in [2.75, 3.05) is 38.7 Å². The summed E-state index contributed by atoms with van der Waals surface area (Å²) in [6, 6.07) is 4.82. The number of rotatable bonds is 8. The molecule has 2 aliphatic carbocycles. The van der Waals surface area contributed by atoms with E-state index in [0.717, 1.165) is 54.6 Å².